The summed E-state index contributed by atoms with van der Waals surface area (Å²) < 4.78 is 1.14. The van der Waals surface area contributed by atoms with E-state index in [1.54, 1.807) is 0 Å². The van der Waals surface area contributed by atoms with Crippen LogP contribution in [0.1, 0.15) is 42.1 Å². The largest absolute Gasteiger partial charge is 0.351 e. The highest BCUT2D eigenvalue weighted by Crippen LogP contribution is 2.43. The Hall–Kier alpha value is -1.75. The van der Waals surface area contributed by atoms with Crippen LogP contribution in [0.5, 0.6) is 0 Å². The number of benzene rings is 1. The van der Waals surface area contributed by atoms with E-state index in [9.17, 15) is 0 Å². The van der Waals surface area contributed by atoms with Crippen LogP contribution in [0.2, 0.25) is 0 Å². The van der Waals surface area contributed by atoms with Gasteiger partial charge in [0.15, 0.2) is 0 Å². The first-order chi connectivity index (χ1) is 11.1. The molecule has 2 atom stereocenters. The Labute approximate surface area is 144 Å². The molecule has 0 spiro atoms. The molecule has 1 saturated carbocycles. The molecule has 0 radical (unpaired) electrons. The van der Waals surface area contributed by atoms with E-state index in [-0.39, 0.29) is 0 Å². The molecule has 2 unspecified atom stereocenters. The molecular formula is C18H19BrN4. The highest BCUT2D eigenvalue weighted by molar-refractivity contribution is 9.10. The first-order valence-corrected chi connectivity index (χ1v) is 8.83. The van der Waals surface area contributed by atoms with Gasteiger partial charge in [-0.1, -0.05) is 15.9 Å². The van der Waals surface area contributed by atoms with Crippen LogP contribution in [-0.2, 0) is 0 Å². The van der Waals surface area contributed by atoms with Gasteiger partial charge in [0.25, 0.3) is 0 Å². The maximum absolute atomic E-state index is 4.86. The van der Waals surface area contributed by atoms with E-state index in [0.717, 1.165) is 46.8 Å². The van der Waals surface area contributed by atoms with Gasteiger partial charge >= 0.3 is 0 Å². The minimum absolute atomic E-state index is 0.365. The molecule has 4 rings (SSSR count). The Morgan fingerprint density at radius 2 is 1.87 bits per heavy atom. The molecule has 2 aromatic rings. The molecule has 118 valence electrons. The van der Waals surface area contributed by atoms with Gasteiger partial charge in [0, 0.05) is 40.0 Å². The lowest BCUT2D eigenvalue weighted by atomic mass is 9.81. The first kappa shape index (κ1) is 14.8. The van der Waals surface area contributed by atoms with Crippen molar-refractivity contribution in [3.63, 3.8) is 0 Å². The fourth-order valence-corrected chi connectivity index (χ4v) is 4.03. The minimum Gasteiger partial charge on any atom is -0.351 e. The molecule has 23 heavy (non-hydrogen) atoms. The van der Waals surface area contributed by atoms with Crippen LogP contribution < -0.4 is 5.32 Å². The van der Waals surface area contributed by atoms with Gasteiger partial charge in [0.2, 0.25) is 5.95 Å². The summed E-state index contributed by atoms with van der Waals surface area (Å²) in [5.41, 5.74) is 5.81. The summed E-state index contributed by atoms with van der Waals surface area (Å²) in [6, 6.07) is 8.76. The number of anilines is 1. The molecule has 1 aromatic carbocycles. The van der Waals surface area contributed by atoms with Crippen molar-refractivity contribution >= 4 is 33.3 Å². The van der Waals surface area contributed by atoms with Gasteiger partial charge < -0.3 is 5.32 Å². The van der Waals surface area contributed by atoms with Gasteiger partial charge in [-0.15, -0.1) is 0 Å². The number of halogens is 1. The molecule has 4 nitrogen and oxygen atoms in total. The summed E-state index contributed by atoms with van der Waals surface area (Å²) in [5, 5.41) is 3.50. The fourth-order valence-electron chi connectivity index (χ4n) is 3.65. The fraction of sp³-hybridized carbons (Fsp3) is 0.389. The van der Waals surface area contributed by atoms with E-state index in [4.69, 9.17) is 4.99 Å². The van der Waals surface area contributed by atoms with Gasteiger partial charge in [0.05, 0.1) is 5.69 Å². The molecular weight excluding hydrogens is 352 g/mol. The summed E-state index contributed by atoms with van der Waals surface area (Å²) in [6.45, 7) is 4.01. The number of nitrogens with one attached hydrogen (secondary N) is 1. The highest BCUT2D eigenvalue weighted by atomic mass is 79.9. The van der Waals surface area contributed by atoms with Crippen LogP contribution in [0.15, 0.2) is 33.7 Å². The molecule has 0 saturated heterocycles. The minimum atomic E-state index is 0.365. The van der Waals surface area contributed by atoms with Gasteiger partial charge in [-0.05, 0) is 56.5 Å². The standard InChI is InChI=1S/C18H19BrN4/c1-10-7-11(2)21-18(20-10)22-13-4-5-14-15-8-12(19)3-6-16(15)23-17(14)9-13/h3,6-8,13-14H,4-5,9H2,1-2H3,(H,20,21,22). The number of aliphatic imine (C=N–C) groups is 1. The lowest BCUT2D eigenvalue weighted by molar-refractivity contribution is 0.565. The van der Waals surface area contributed by atoms with Crippen molar-refractivity contribution in [2.24, 2.45) is 4.99 Å². The zero-order valence-electron chi connectivity index (χ0n) is 13.3. The van der Waals surface area contributed by atoms with Crippen molar-refractivity contribution in [2.75, 3.05) is 5.32 Å². The molecule has 0 bridgehead atoms. The smallest absolute Gasteiger partial charge is 0.223 e. The van der Waals surface area contributed by atoms with E-state index >= 15 is 0 Å². The molecule has 1 aromatic heterocycles. The van der Waals surface area contributed by atoms with Crippen molar-refractivity contribution < 1.29 is 0 Å². The molecule has 1 fully saturated rings. The van der Waals surface area contributed by atoms with Gasteiger partial charge in [0.1, 0.15) is 0 Å². The van der Waals surface area contributed by atoms with Crippen molar-refractivity contribution in [3.05, 3.63) is 45.7 Å². The Morgan fingerprint density at radius 3 is 2.65 bits per heavy atom. The summed E-state index contributed by atoms with van der Waals surface area (Å²) in [7, 11) is 0. The van der Waals surface area contributed by atoms with Crippen LogP contribution >= 0.6 is 15.9 Å². The Bertz CT molecular complexity index is 779. The second kappa shape index (κ2) is 5.71. The predicted octanol–water partition coefficient (Wildman–Crippen LogP) is 4.69. The average Bonchev–Trinajstić information content (AvgIpc) is 2.83. The summed E-state index contributed by atoms with van der Waals surface area (Å²) >= 11 is 3.57. The van der Waals surface area contributed by atoms with Crippen molar-refractivity contribution in [1.82, 2.24) is 9.97 Å². The molecule has 5 heteroatoms. The number of nitrogens with zero attached hydrogens (tertiary/aromatic N) is 3. The Balaban J connectivity index is 1.52. The zero-order valence-corrected chi connectivity index (χ0v) is 14.9. The lowest BCUT2D eigenvalue weighted by Gasteiger charge is -2.28. The van der Waals surface area contributed by atoms with E-state index in [0.29, 0.717) is 12.0 Å². The highest BCUT2D eigenvalue weighted by Gasteiger charge is 2.33. The number of hydrogen-bond acceptors (Lipinski definition) is 4. The Morgan fingerprint density at radius 1 is 1.09 bits per heavy atom. The number of aromatic nitrogens is 2. The average molecular weight is 371 g/mol. The zero-order chi connectivity index (χ0) is 16.0. The summed E-state index contributed by atoms with van der Waals surface area (Å²) in [6.07, 6.45) is 3.21. The van der Waals surface area contributed by atoms with Crippen LogP contribution in [0.3, 0.4) is 0 Å². The molecule has 0 amide bonds. The molecule has 2 heterocycles. The second-order valence-corrected chi connectivity index (χ2v) is 7.37. The van der Waals surface area contributed by atoms with Crippen molar-refractivity contribution in [3.8, 4) is 0 Å². The molecule has 1 aliphatic heterocycles. The van der Waals surface area contributed by atoms with Crippen LogP contribution in [0.25, 0.3) is 0 Å². The van der Waals surface area contributed by atoms with Gasteiger partial charge in [-0.25, -0.2) is 9.97 Å². The topological polar surface area (TPSA) is 50.2 Å². The number of hydrogen-bond donors (Lipinski definition) is 1. The SMILES string of the molecule is Cc1cc(C)nc(NC2CCC3C(=Nc4ccc(Br)cc43)C2)n1. The Kier molecular flexibility index (Phi) is 3.68. The number of fused-ring (bicyclic) bond motifs is 3. The summed E-state index contributed by atoms with van der Waals surface area (Å²) in [4.78, 5) is 13.8. The lowest BCUT2D eigenvalue weighted by Crippen LogP contribution is -2.31. The van der Waals surface area contributed by atoms with Crippen molar-refractivity contribution in [2.45, 2.75) is 45.1 Å². The quantitative estimate of drug-likeness (QED) is 0.833. The molecule has 2 aliphatic rings. The van der Waals surface area contributed by atoms with Gasteiger partial charge in [-0.3, -0.25) is 4.99 Å². The second-order valence-electron chi connectivity index (χ2n) is 6.46. The van der Waals surface area contributed by atoms with Crippen LogP contribution in [-0.4, -0.2) is 21.7 Å². The maximum Gasteiger partial charge on any atom is 0.223 e. The van der Waals surface area contributed by atoms with E-state index < -0.39 is 0 Å². The van der Waals surface area contributed by atoms with E-state index in [1.807, 2.05) is 19.9 Å². The maximum atomic E-state index is 4.86. The number of aryl methyl sites for hydroxylation is 2. The monoisotopic (exact) mass is 370 g/mol. The van der Waals surface area contributed by atoms with Crippen LogP contribution in [0.4, 0.5) is 11.6 Å². The first-order valence-electron chi connectivity index (χ1n) is 8.04. The third-order valence-corrected chi connectivity index (χ3v) is 5.10. The third kappa shape index (κ3) is 2.90. The van der Waals surface area contributed by atoms with Crippen molar-refractivity contribution in [1.29, 1.82) is 0 Å². The number of rotatable bonds is 2. The van der Waals surface area contributed by atoms with E-state index in [2.05, 4.69) is 49.4 Å². The molecule has 1 aliphatic carbocycles. The normalized spacial score (nSPS) is 22.3. The van der Waals surface area contributed by atoms with Crippen LogP contribution in [0, 0.1) is 13.8 Å². The predicted molar refractivity (Wildman–Crippen MR) is 96.7 cm³/mol. The summed E-state index contributed by atoms with van der Waals surface area (Å²) in [5.74, 6) is 1.23. The van der Waals surface area contributed by atoms with Gasteiger partial charge in [-0.2, -0.15) is 0 Å². The van der Waals surface area contributed by atoms with E-state index in [1.165, 1.54) is 11.3 Å². The third-order valence-electron chi connectivity index (χ3n) is 4.61. The molecule has 1 N–H and O–H groups in total.